The normalized spacial score (nSPS) is 12.0. The van der Waals surface area contributed by atoms with E-state index in [1.54, 1.807) is 13.8 Å². The first-order chi connectivity index (χ1) is 15.3. The molecule has 0 bridgehead atoms. The van der Waals surface area contributed by atoms with Gasteiger partial charge in [0.15, 0.2) is 0 Å². The molecule has 0 heterocycles. The van der Waals surface area contributed by atoms with E-state index in [0.717, 1.165) is 27.8 Å². The third-order valence-corrected chi connectivity index (χ3v) is 6.33. The second kappa shape index (κ2) is 10.4. The van der Waals surface area contributed by atoms with Crippen molar-refractivity contribution < 1.29 is 22.9 Å². The Labute approximate surface area is 193 Å². The Bertz CT molecular complexity index is 1170. The maximum absolute atomic E-state index is 13.4. The van der Waals surface area contributed by atoms with Crippen LogP contribution in [-0.2, 0) is 26.2 Å². The van der Waals surface area contributed by atoms with Gasteiger partial charge in [-0.2, -0.15) is 0 Å². The van der Waals surface area contributed by atoms with Gasteiger partial charge in [-0.1, -0.05) is 35.9 Å². The van der Waals surface area contributed by atoms with Gasteiger partial charge in [0, 0.05) is 25.7 Å². The number of likely N-dealkylation sites (N-methyl/N-ethyl adjacent to an activating group) is 1. The van der Waals surface area contributed by atoms with E-state index in [1.165, 1.54) is 24.1 Å². The van der Waals surface area contributed by atoms with Crippen molar-refractivity contribution >= 4 is 33.2 Å². The molecule has 2 amide bonds. The number of nitro benzene ring substituents is 1. The SMILES string of the molecule is CNC(=O)[C@H](C)N(Cc1cccc(C)c1)C(=O)CN(c1cc([N+](=O)[O-])ccc1C)S(C)(=O)=O. The Morgan fingerprint density at radius 1 is 1.15 bits per heavy atom. The van der Waals surface area contributed by atoms with Gasteiger partial charge < -0.3 is 10.2 Å². The number of aryl methyl sites for hydroxylation is 2. The molecule has 11 heteroatoms. The molecule has 0 aliphatic rings. The van der Waals surface area contributed by atoms with Crippen LogP contribution in [0.5, 0.6) is 0 Å². The van der Waals surface area contributed by atoms with Gasteiger partial charge in [-0.05, 0) is 31.9 Å². The molecule has 2 aromatic carbocycles. The molecule has 0 aromatic heterocycles. The second-order valence-electron chi connectivity index (χ2n) is 7.80. The number of hydrogen-bond donors (Lipinski definition) is 1. The quantitative estimate of drug-likeness (QED) is 0.436. The van der Waals surface area contributed by atoms with Crippen molar-refractivity contribution in [2.75, 3.05) is 24.2 Å². The summed E-state index contributed by atoms with van der Waals surface area (Å²) in [4.78, 5) is 37.6. The second-order valence-corrected chi connectivity index (χ2v) is 9.71. The topological polar surface area (TPSA) is 130 Å². The van der Waals surface area contributed by atoms with Gasteiger partial charge in [0.1, 0.15) is 12.6 Å². The molecule has 0 aliphatic carbocycles. The first-order valence-electron chi connectivity index (χ1n) is 10.1. The lowest BCUT2D eigenvalue weighted by molar-refractivity contribution is -0.384. The molecular weight excluding hydrogens is 448 g/mol. The molecule has 0 saturated heterocycles. The molecule has 33 heavy (non-hydrogen) atoms. The first-order valence-corrected chi connectivity index (χ1v) is 12.0. The average molecular weight is 477 g/mol. The summed E-state index contributed by atoms with van der Waals surface area (Å²) in [5.74, 6) is -1.03. The Morgan fingerprint density at radius 2 is 1.82 bits per heavy atom. The Balaban J connectivity index is 2.48. The number of rotatable bonds is 9. The van der Waals surface area contributed by atoms with Gasteiger partial charge in [0.05, 0.1) is 16.9 Å². The molecule has 1 atom stereocenters. The summed E-state index contributed by atoms with van der Waals surface area (Å²) in [6.45, 7) is 4.51. The highest BCUT2D eigenvalue weighted by Gasteiger charge is 2.30. The highest BCUT2D eigenvalue weighted by Crippen LogP contribution is 2.28. The zero-order chi connectivity index (χ0) is 24.9. The lowest BCUT2D eigenvalue weighted by Gasteiger charge is -2.31. The van der Waals surface area contributed by atoms with Crippen LogP contribution in [0.1, 0.15) is 23.6 Å². The summed E-state index contributed by atoms with van der Waals surface area (Å²) in [6.07, 6.45) is 0.922. The summed E-state index contributed by atoms with van der Waals surface area (Å²) in [6, 6.07) is 10.3. The number of nitrogens with one attached hydrogen (secondary N) is 1. The third-order valence-electron chi connectivity index (χ3n) is 5.20. The highest BCUT2D eigenvalue weighted by molar-refractivity contribution is 7.92. The van der Waals surface area contributed by atoms with Crippen molar-refractivity contribution in [3.8, 4) is 0 Å². The van der Waals surface area contributed by atoms with Gasteiger partial charge in [0.2, 0.25) is 21.8 Å². The van der Waals surface area contributed by atoms with Crippen LogP contribution in [0.3, 0.4) is 0 Å². The van der Waals surface area contributed by atoms with Gasteiger partial charge in [-0.25, -0.2) is 8.42 Å². The minimum Gasteiger partial charge on any atom is -0.357 e. The first kappa shape index (κ1) is 25.8. The van der Waals surface area contributed by atoms with Crippen LogP contribution >= 0.6 is 0 Å². The minimum atomic E-state index is -3.98. The molecule has 0 aliphatic heterocycles. The molecule has 1 N–H and O–H groups in total. The number of non-ortho nitro benzene ring substituents is 1. The summed E-state index contributed by atoms with van der Waals surface area (Å²) in [5.41, 5.74) is 1.92. The average Bonchev–Trinajstić information content (AvgIpc) is 2.74. The van der Waals surface area contributed by atoms with Crippen LogP contribution < -0.4 is 9.62 Å². The lowest BCUT2D eigenvalue weighted by atomic mass is 10.1. The summed E-state index contributed by atoms with van der Waals surface area (Å²) in [7, 11) is -2.53. The molecule has 0 unspecified atom stereocenters. The van der Waals surface area contributed by atoms with Crippen molar-refractivity contribution in [1.29, 1.82) is 0 Å². The van der Waals surface area contributed by atoms with Crippen LogP contribution in [-0.4, -0.2) is 55.9 Å². The predicted molar refractivity (Wildman–Crippen MR) is 125 cm³/mol. The van der Waals surface area contributed by atoms with Gasteiger partial charge in [-0.3, -0.25) is 24.0 Å². The number of sulfonamides is 1. The highest BCUT2D eigenvalue weighted by atomic mass is 32.2. The number of amides is 2. The number of hydrogen-bond acceptors (Lipinski definition) is 6. The van der Waals surface area contributed by atoms with Crippen LogP contribution in [0.25, 0.3) is 0 Å². The molecule has 0 spiro atoms. The van der Waals surface area contributed by atoms with E-state index in [9.17, 15) is 28.1 Å². The van der Waals surface area contributed by atoms with Crippen molar-refractivity contribution in [1.82, 2.24) is 10.2 Å². The Kier molecular flexibility index (Phi) is 8.15. The number of carbonyl (C=O) groups is 2. The smallest absolute Gasteiger partial charge is 0.271 e. The third kappa shape index (κ3) is 6.51. The van der Waals surface area contributed by atoms with Crippen LogP contribution in [0.15, 0.2) is 42.5 Å². The van der Waals surface area contributed by atoms with Crippen molar-refractivity contribution in [3.05, 3.63) is 69.3 Å². The van der Waals surface area contributed by atoms with Crippen molar-refractivity contribution in [3.63, 3.8) is 0 Å². The van der Waals surface area contributed by atoms with Crippen LogP contribution in [0, 0.1) is 24.0 Å². The van der Waals surface area contributed by atoms with E-state index in [0.29, 0.717) is 5.56 Å². The van der Waals surface area contributed by atoms with E-state index in [1.807, 2.05) is 31.2 Å². The molecule has 2 rings (SSSR count). The number of benzene rings is 2. The van der Waals surface area contributed by atoms with E-state index < -0.39 is 39.3 Å². The fourth-order valence-electron chi connectivity index (χ4n) is 3.37. The Morgan fingerprint density at radius 3 is 2.36 bits per heavy atom. The molecule has 10 nitrogen and oxygen atoms in total. The predicted octanol–water partition coefficient (Wildman–Crippen LogP) is 2.14. The standard InChI is InChI=1S/C22H28N4O6S/c1-15-7-6-8-18(11-15)13-24(17(3)22(28)23-4)21(27)14-25(33(5,31)32)20-12-19(26(29)30)10-9-16(20)2/h6-12,17H,13-14H2,1-5H3,(H,23,28)/t17-/m0/s1. The van der Waals surface area contributed by atoms with E-state index >= 15 is 0 Å². The number of nitrogens with zero attached hydrogens (tertiary/aromatic N) is 3. The van der Waals surface area contributed by atoms with E-state index in [4.69, 9.17) is 0 Å². The summed E-state index contributed by atoms with van der Waals surface area (Å²) >= 11 is 0. The summed E-state index contributed by atoms with van der Waals surface area (Å²) in [5, 5.41) is 13.7. The van der Waals surface area contributed by atoms with Crippen molar-refractivity contribution in [2.45, 2.75) is 33.4 Å². The van der Waals surface area contributed by atoms with Gasteiger partial charge in [0.25, 0.3) is 5.69 Å². The molecular formula is C22H28N4O6S. The zero-order valence-electron chi connectivity index (χ0n) is 19.2. The van der Waals surface area contributed by atoms with Crippen LogP contribution in [0.4, 0.5) is 11.4 Å². The minimum absolute atomic E-state index is 0.0307. The maximum Gasteiger partial charge on any atom is 0.271 e. The van der Waals surface area contributed by atoms with Crippen molar-refractivity contribution in [2.24, 2.45) is 0 Å². The molecule has 178 valence electrons. The molecule has 0 saturated carbocycles. The fourth-order valence-corrected chi connectivity index (χ4v) is 4.27. The zero-order valence-corrected chi connectivity index (χ0v) is 20.0. The molecule has 0 fully saturated rings. The maximum atomic E-state index is 13.4. The number of carbonyl (C=O) groups excluding carboxylic acids is 2. The van der Waals surface area contributed by atoms with Gasteiger partial charge in [-0.15, -0.1) is 0 Å². The number of nitro groups is 1. The number of anilines is 1. The summed E-state index contributed by atoms with van der Waals surface area (Å²) < 4.78 is 26.0. The van der Waals surface area contributed by atoms with Crippen LogP contribution in [0.2, 0.25) is 0 Å². The Hall–Kier alpha value is -3.47. The monoisotopic (exact) mass is 476 g/mol. The van der Waals surface area contributed by atoms with E-state index in [-0.39, 0.29) is 17.9 Å². The largest absolute Gasteiger partial charge is 0.357 e. The van der Waals surface area contributed by atoms with Gasteiger partial charge >= 0.3 is 0 Å². The lowest BCUT2D eigenvalue weighted by Crippen LogP contribution is -2.50. The molecule has 2 aromatic rings. The fraction of sp³-hybridized carbons (Fsp3) is 0.364. The van der Waals surface area contributed by atoms with E-state index in [2.05, 4.69) is 5.32 Å². The molecule has 0 radical (unpaired) electrons.